The van der Waals surface area contributed by atoms with E-state index in [2.05, 4.69) is 98.7 Å². The summed E-state index contributed by atoms with van der Waals surface area (Å²) in [5.41, 5.74) is 3.86. The first-order chi connectivity index (χ1) is 16.2. The summed E-state index contributed by atoms with van der Waals surface area (Å²) in [6.45, 7) is 7.59. The molecular weight excluding hydrogens is 426 g/mol. The van der Waals surface area contributed by atoms with Gasteiger partial charge >= 0.3 is 0 Å². The van der Waals surface area contributed by atoms with E-state index in [1.54, 1.807) is 11.3 Å². The molecule has 0 amide bonds. The minimum absolute atomic E-state index is 0.462. The number of hydrogen-bond acceptors (Lipinski definition) is 6. The van der Waals surface area contributed by atoms with E-state index in [4.69, 9.17) is 0 Å². The number of benzene rings is 2. The summed E-state index contributed by atoms with van der Waals surface area (Å²) in [6, 6.07) is 25.9. The molecule has 0 aliphatic carbocycles. The van der Waals surface area contributed by atoms with Gasteiger partial charge in [0.1, 0.15) is 5.82 Å². The second-order valence-corrected chi connectivity index (χ2v) is 9.50. The lowest BCUT2D eigenvalue weighted by Gasteiger charge is -2.38. The maximum atomic E-state index is 4.53. The molecule has 6 heteroatoms. The first kappa shape index (κ1) is 21.8. The van der Waals surface area contributed by atoms with Crippen LogP contribution in [0, 0.1) is 0 Å². The van der Waals surface area contributed by atoms with E-state index in [0.29, 0.717) is 6.04 Å². The molecule has 0 saturated carbocycles. The van der Waals surface area contributed by atoms with Crippen LogP contribution in [0.3, 0.4) is 0 Å². The van der Waals surface area contributed by atoms with Gasteiger partial charge in [-0.25, -0.2) is 9.97 Å². The van der Waals surface area contributed by atoms with E-state index in [-0.39, 0.29) is 0 Å². The highest BCUT2D eigenvalue weighted by atomic mass is 32.1. The topological polar surface area (TPSA) is 44.3 Å². The highest BCUT2D eigenvalue weighted by Crippen LogP contribution is 2.30. The van der Waals surface area contributed by atoms with Gasteiger partial charge in [0.05, 0.1) is 4.88 Å². The summed E-state index contributed by atoms with van der Waals surface area (Å²) in [5.74, 6) is 0.845. The summed E-state index contributed by atoms with van der Waals surface area (Å²) < 4.78 is 0. The Morgan fingerprint density at radius 1 is 0.909 bits per heavy atom. The molecule has 1 atom stereocenters. The second-order valence-electron chi connectivity index (χ2n) is 8.47. The quantitative estimate of drug-likeness (QED) is 0.380. The number of piperazine rings is 1. The van der Waals surface area contributed by atoms with Crippen LogP contribution in [0.4, 0.5) is 10.9 Å². The molecule has 4 aromatic rings. The van der Waals surface area contributed by atoms with E-state index in [0.717, 1.165) is 48.6 Å². The third kappa shape index (κ3) is 5.47. The number of rotatable bonds is 7. The molecule has 1 fully saturated rings. The lowest BCUT2D eigenvalue weighted by Crippen LogP contribution is -2.46. The van der Waals surface area contributed by atoms with Crippen LogP contribution >= 0.6 is 11.3 Å². The largest absolute Gasteiger partial charge is 0.316 e. The minimum atomic E-state index is 0.462. The Labute approximate surface area is 199 Å². The average Bonchev–Trinajstić information content (AvgIpc) is 3.34. The molecule has 0 spiro atoms. The van der Waals surface area contributed by atoms with Gasteiger partial charge in [0, 0.05) is 51.2 Å². The minimum Gasteiger partial charge on any atom is -0.316 e. The standard InChI is InChI=1S/C27H29N5S/c1-21(23-8-4-2-5-9-23)32-16-14-31(15-17-32)20-22-12-13-28-26(18-22)30-27-29-19-25(33-27)24-10-6-3-7-11-24/h2-13,18-19,21H,14-17,20H2,1H3,(H,28,29,30). The van der Waals surface area contributed by atoms with Gasteiger partial charge in [0.2, 0.25) is 0 Å². The Morgan fingerprint density at radius 2 is 1.64 bits per heavy atom. The van der Waals surface area contributed by atoms with Crippen molar-refractivity contribution < 1.29 is 0 Å². The number of aromatic nitrogens is 2. The van der Waals surface area contributed by atoms with Crippen molar-refractivity contribution in [3.63, 3.8) is 0 Å². The molecule has 1 N–H and O–H groups in total. The van der Waals surface area contributed by atoms with Gasteiger partial charge in [-0.2, -0.15) is 0 Å². The molecule has 1 aliphatic heterocycles. The predicted octanol–water partition coefficient (Wildman–Crippen LogP) is 5.83. The SMILES string of the molecule is CC(c1ccccc1)N1CCN(Cc2ccnc(Nc3ncc(-c4ccccc4)s3)c2)CC1. The summed E-state index contributed by atoms with van der Waals surface area (Å²) in [7, 11) is 0. The lowest BCUT2D eigenvalue weighted by atomic mass is 10.1. The van der Waals surface area contributed by atoms with Crippen molar-refractivity contribution >= 4 is 22.3 Å². The first-order valence-electron chi connectivity index (χ1n) is 11.5. The number of nitrogens with zero attached hydrogens (tertiary/aromatic N) is 4. The molecule has 5 rings (SSSR count). The van der Waals surface area contributed by atoms with Crippen molar-refractivity contribution in [2.75, 3.05) is 31.5 Å². The first-order valence-corrected chi connectivity index (χ1v) is 12.3. The zero-order valence-corrected chi connectivity index (χ0v) is 19.7. The molecule has 1 saturated heterocycles. The van der Waals surface area contributed by atoms with Crippen LogP contribution in [-0.4, -0.2) is 45.9 Å². The monoisotopic (exact) mass is 455 g/mol. The number of nitrogens with one attached hydrogen (secondary N) is 1. The van der Waals surface area contributed by atoms with Gasteiger partial charge in [-0.15, -0.1) is 0 Å². The van der Waals surface area contributed by atoms with Crippen LogP contribution in [0.1, 0.15) is 24.1 Å². The smallest absolute Gasteiger partial charge is 0.188 e. The molecule has 0 radical (unpaired) electrons. The Kier molecular flexibility index (Phi) is 6.76. The molecule has 3 heterocycles. The van der Waals surface area contributed by atoms with Gasteiger partial charge in [-0.05, 0) is 35.7 Å². The summed E-state index contributed by atoms with van der Waals surface area (Å²) in [5, 5.41) is 4.24. The third-order valence-electron chi connectivity index (χ3n) is 6.27. The van der Waals surface area contributed by atoms with Crippen molar-refractivity contribution in [3.05, 3.63) is 96.3 Å². The van der Waals surface area contributed by atoms with Crippen LogP contribution in [-0.2, 0) is 6.54 Å². The maximum Gasteiger partial charge on any atom is 0.188 e. The number of anilines is 2. The van der Waals surface area contributed by atoms with Gasteiger partial charge in [-0.3, -0.25) is 9.80 Å². The van der Waals surface area contributed by atoms with E-state index in [1.807, 2.05) is 18.5 Å². The van der Waals surface area contributed by atoms with Gasteiger partial charge in [0.15, 0.2) is 5.13 Å². The summed E-state index contributed by atoms with van der Waals surface area (Å²) in [4.78, 5) is 15.3. The van der Waals surface area contributed by atoms with E-state index < -0.39 is 0 Å². The zero-order chi connectivity index (χ0) is 22.5. The fourth-order valence-corrected chi connectivity index (χ4v) is 5.16. The number of pyridine rings is 1. The fraction of sp³-hybridized carbons (Fsp3) is 0.259. The van der Waals surface area contributed by atoms with E-state index in [1.165, 1.54) is 16.7 Å². The highest BCUT2D eigenvalue weighted by molar-refractivity contribution is 7.18. The van der Waals surface area contributed by atoms with Crippen molar-refractivity contribution in [2.24, 2.45) is 0 Å². The molecule has 1 unspecified atom stereocenters. The van der Waals surface area contributed by atoms with Gasteiger partial charge in [-0.1, -0.05) is 72.0 Å². The van der Waals surface area contributed by atoms with Crippen LogP contribution in [0.15, 0.2) is 85.2 Å². The van der Waals surface area contributed by atoms with Crippen molar-refractivity contribution in [1.82, 2.24) is 19.8 Å². The van der Waals surface area contributed by atoms with Crippen LogP contribution in [0.2, 0.25) is 0 Å². The fourth-order valence-electron chi connectivity index (χ4n) is 4.33. The Morgan fingerprint density at radius 3 is 2.39 bits per heavy atom. The molecule has 2 aromatic heterocycles. The maximum absolute atomic E-state index is 4.53. The highest BCUT2D eigenvalue weighted by Gasteiger charge is 2.22. The predicted molar refractivity (Wildman–Crippen MR) is 137 cm³/mol. The van der Waals surface area contributed by atoms with Gasteiger partial charge in [0.25, 0.3) is 0 Å². The Hall–Kier alpha value is -3.06. The number of hydrogen-bond donors (Lipinski definition) is 1. The molecule has 1 aliphatic rings. The molecule has 33 heavy (non-hydrogen) atoms. The molecular formula is C27H29N5S. The van der Waals surface area contributed by atoms with E-state index >= 15 is 0 Å². The number of thiazole rings is 1. The zero-order valence-electron chi connectivity index (χ0n) is 18.9. The molecule has 0 bridgehead atoms. The van der Waals surface area contributed by atoms with Crippen LogP contribution in [0.5, 0.6) is 0 Å². The van der Waals surface area contributed by atoms with Crippen molar-refractivity contribution in [1.29, 1.82) is 0 Å². The summed E-state index contributed by atoms with van der Waals surface area (Å²) in [6.07, 6.45) is 3.80. The Bertz CT molecular complexity index is 1150. The van der Waals surface area contributed by atoms with Crippen molar-refractivity contribution in [3.8, 4) is 10.4 Å². The molecule has 168 valence electrons. The lowest BCUT2D eigenvalue weighted by molar-refractivity contribution is 0.0978. The Balaban J connectivity index is 1.17. The summed E-state index contributed by atoms with van der Waals surface area (Å²) >= 11 is 1.65. The third-order valence-corrected chi connectivity index (χ3v) is 7.23. The van der Waals surface area contributed by atoms with E-state index in [9.17, 15) is 0 Å². The normalized spacial score (nSPS) is 15.9. The second kappa shape index (κ2) is 10.3. The van der Waals surface area contributed by atoms with Crippen LogP contribution < -0.4 is 5.32 Å². The molecule has 5 nitrogen and oxygen atoms in total. The van der Waals surface area contributed by atoms with Crippen molar-refractivity contribution in [2.45, 2.75) is 19.5 Å². The average molecular weight is 456 g/mol. The van der Waals surface area contributed by atoms with Crippen LogP contribution in [0.25, 0.3) is 10.4 Å². The molecule has 2 aromatic carbocycles. The van der Waals surface area contributed by atoms with Gasteiger partial charge < -0.3 is 5.32 Å².